The minimum Gasteiger partial charge on any atom is -0.494 e. The minimum atomic E-state index is -0.347. The van der Waals surface area contributed by atoms with Gasteiger partial charge >= 0.3 is 5.97 Å². The Morgan fingerprint density at radius 3 is 2.60 bits per heavy atom. The number of rotatable bonds is 9. The number of esters is 1. The first kappa shape index (κ1) is 22.3. The first-order chi connectivity index (χ1) is 14.6. The van der Waals surface area contributed by atoms with Crippen molar-refractivity contribution in [3.8, 4) is 5.75 Å². The van der Waals surface area contributed by atoms with Crippen molar-refractivity contribution in [2.24, 2.45) is 5.92 Å². The molecule has 1 aliphatic carbocycles. The van der Waals surface area contributed by atoms with E-state index >= 15 is 0 Å². The fourth-order valence-electron chi connectivity index (χ4n) is 3.72. The first-order valence-electron chi connectivity index (χ1n) is 10.9. The van der Waals surface area contributed by atoms with Gasteiger partial charge in [0.2, 0.25) is 0 Å². The molecule has 3 rings (SSSR count). The highest BCUT2D eigenvalue weighted by Gasteiger charge is 2.30. The lowest BCUT2D eigenvalue weighted by atomic mass is 9.85. The average molecular weight is 430 g/mol. The van der Waals surface area contributed by atoms with E-state index in [1.165, 1.54) is 16.2 Å². The second kappa shape index (κ2) is 10.6. The van der Waals surface area contributed by atoms with Crippen LogP contribution >= 0.6 is 11.3 Å². The molecule has 0 spiro atoms. The van der Waals surface area contributed by atoms with Crippen LogP contribution in [0.1, 0.15) is 77.6 Å². The number of anilines is 1. The topological polar surface area (TPSA) is 64.6 Å². The second-order valence-electron chi connectivity index (χ2n) is 7.63. The van der Waals surface area contributed by atoms with Crippen molar-refractivity contribution >= 4 is 28.2 Å². The molecule has 0 radical (unpaired) electrons. The first-order valence-corrected chi connectivity index (χ1v) is 11.7. The van der Waals surface area contributed by atoms with Gasteiger partial charge in [0, 0.05) is 10.4 Å². The number of unbranched alkanes of at least 4 members (excludes halogenated alkanes) is 1. The maximum atomic E-state index is 12.9. The summed E-state index contributed by atoms with van der Waals surface area (Å²) in [5.74, 6) is 0.811. The predicted octanol–water partition coefficient (Wildman–Crippen LogP) is 5.87. The maximum Gasteiger partial charge on any atom is 0.341 e. The fraction of sp³-hybridized carbons (Fsp3) is 0.500. The molecular formula is C24H31NO4S. The van der Waals surface area contributed by atoms with Crippen molar-refractivity contribution in [2.75, 3.05) is 18.5 Å². The van der Waals surface area contributed by atoms with Crippen LogP contribution in [0.3, 0.4) is 0 Å². The number of benzene rings is 1. The summed E-state index contributed by atoms with van der Waals surface area (Å²) in [6.07, 6.45) is 6.09. The summed E-state index contributed by atoms with van der Waals surface area (Å²) in [5, 5.41) is 3.57. The van der Waals surface area contributed by atoms with Crippen LogP contribution in [0.4, 0.5) is 5.00 Å². The molecule has 6 heteroatoms. The zero-order valence-electron chi connectivity index (χ0n) is 18.1. The van der Waals surface area contributed by atoms with Gasteiger partial charge in [0.05, 0.1) is 18.8 Å². The van der Waals surface area contributed by atoms with E-state index in [1.807, 2.05) is 12.1 Å². The molecule has 0 bridgehead atoms. The molecular weight excluding hydrogens is 398 g/mol. The van der Waals surface area contributed by atoms with Crippen molar-refractivity contribution in [3.05, 3.63) is 45.8 Å². The van der Waals surface area contributed by atoms with Gasteiger partial charge in [-0.15, -0.1) is 11.3 Å². The van der Waals surface area contributed by atoms with Gasteiger partial charge in [0.15, 0.2) is 0 Å². The van der Waals surface area contributed by atoms with E-state index in [0.29, 0.717) is 35.3 Å². The third-order valence-electron chi connectivity index (χ3n) is 5.53. The van der Waals surface area contributed by atoms with Crippen molar-refractivity contribution in [3.63, 3.8) is 0 Å². The van der Waals surface area contributed by atoms with Crippen LogP contribution in [0.25, 0.3) is 0 Å². The van der Waals surface area contributed by atoms with E-state index < -0.39 is 0 Å². The van der Waals surface area contributed by atoms with Crippen LogP contribution in [0.5, 0.6) is 5.75 Å². The quantitative estimate of drug-likeness (QED) is 0.400. The van der Waals surface area contributed by atoms with Crippen molar-refractivity contribution < 1.29 is 19.1 Å². The number of hydrogen-bond donors (Lipinski definition) is 1. The third kappa shape index (κ3) is 5.22. The number of fused-ring (bicyclic) bond motifs is 1. The molecule has 30 heavy (non-hydrogen) atoms. The Balaban J connectivity index is 1.78. The molecule has 2 aromatic rings. The van der Waals surface area contributed by atoms with Crippen LogP contribution in [0.15, 0.2) is 24.3 Å². The summed E-state index contributed by atoms with van der Waals surface area (Å²) < 4.78 is 11.0. The molecule has 1 heterocycles. The van der Waals surface area contributed by atoms with Gasteiger partial charge in [-0.05, 0) is 68.4 Å². The number of carbonyl (C=O) groups excluding carboxylic acids is 2. The largest absolute Gasteiger partial charge is 0.494 e. The molecule has 1 aromatic heterocycles. The third-order valence-corrected chi connectivity index (χ3v) is 6.70. The van der Waals surface area contributed by atoms with Gasteiger partial charge in [-0.1, -0.05) is 26.7 Å². The maximum absolute atomic E-state index is 12.9. The van der Waals surface area contributed by atoms with E-state index in [2.05, 4.69) is 19.2 Å². The summed E-state index contributed by atoms with van der Waals surface area (Å²) >= 11 is 1.52. The molecule has 1 aromatic carbocycles. The van der Waals surface area contributed by atoms with Gasteiger partial charge in [-0.3, -0.25) is 4.79 Å². The zero-order chi connectivity index (χ0) is 21.5. The Labute approximate surface area is 182 Å². The molecule has 0 fully saturated rings. The number of ether oxygens (including phenoxy) is 2. The van der Waals surface area contributed by atoms with Gasteiger partial charge in [0.1, 0.15) is 10.8 Å². The predicted molar refractivity (Wildman–Crippen MR) is 121 cm³/mol. The molecule has 1 N–H and O–H groups in total. The van der Waals surface area contributed by atoms with E-state index in [0.717, 1.165) is 49.8 Å². The smallest absolute Gasteiger partial charge is 0.341 e. The molecule has 162 valence electrons. The lowest BCUT2D eigenvalue weighted by Gasteiger charge is -2.20. The van der Waals surface area contributed by atoms with Crippen LogP contribution < -0.4 is 10.1 Å². The minimum absolute atomic E-state index is 0.230. The number of hydrogen-bond acceptors (Lipinski definition) is 5. The van der Waals surface area contributed by atoms with Crippen molar-refractivity contribution in [1.29, 1.82) is 0 Å². The van der Waals surface area contributed by atoms with Crippen molar-refractivity contribution in [1.82, 2.24) is 0 Å². The Hall–Kier alpha value is -2.34. The summed E-state index contributed by atoms with van der Waals surface area (Å²) in [4.78, 5) is 26.7. The van der Waals surface area contributed by atoms with E-state index in [-0.39, 0.29) is 11.9 Å². The normalized spacial score (nSPS) is 15.4. The molecule has 1 amide bonds. The monoisotopic (exact) mass is 429 g/mol. The molecule has 0 unspecified atom stereocenters. The van der Waals surface area contributed by atoms with Crippen molar-refractivity contribution in [2.45, 2.75) is 59.3 Å². The summed E-state index contributed by atoms with van der Waals surface area (Å²) in [5.41, 5.74) is 2.13. The Morgan fingerprint density at radius 1 is 1.17 bits per heavy atom. The molecule has 0 saturated carbocycles. The van der Waals surface area contributed by atoms with Crippen LogP contribution in [0.2, 0.25) is 0 Å². The lowest BCUT2D eigenvalue weighted by molar-refractivity contribution is 0.0526. The zero-order valence-corrected chi connectivity index (χ0v) is 18.9. The van der Waals surface area contributed by atoms with E-state index in [9.17, 15) is 9.59 Å². The highest BCUT2D eigenvalue weighted by atomic mass is 32.1. The summed E-state index contributed by atoms with van der Waals surface area (Å²) in [7, 11) is 0. The average Bonchev–Trinajstić information content (AvgIpc) is 3.11. The van der Waals surface area contributed by atoms with Gasteiger partial charge in [0.25, 0.3) is 5.91 Å². The molecule has 0 aliphatic heterocycles. The summed E-state index contributed by atoms with van der Waals surface area (Å²) in [6.45, 7) is 7.10. The van der Waals surface area contributed by atoms with E-state index in [4.69, 9.17) is 9.47 Å². The Bertz CT molecular complexity index is 872. The van der Waals surface area contributed by atoms with Gasteiger partial charge in [-0.2, -0.15) is 0 Å². The SMILES string of the molecule is CCCCOc1ccc(C(=O)Nc2sc3c(c2C(=O)OCC)CC[C@@H](CC)C3)cc1. The molecule has 1 atom stereocenters. The number of carbonyl (C=O) groups is 2. The van der Waals surface area contributed by atoms with Crippen LogP contribution in [-0.2, 0) is 17.6 Å². The highest BCUT2D eigenvalue weighted by Crippen LogP contribution is 2.41. The highest BCUT2D eigenvalue weighted by molar-refractivity contribution is 7.17. The standard InChI is InChI=1S/C24H31NO4S/c1-4-7-14-29-18-11-9-17(10-12-18)22(26)25-23-21(24(27)28-6-3)19-13-8-16(5-2)15-20(19)30-23/h9-12,16H,4-8,13-15H2,1-3H3,(H,25,26)/t16-/m1/s1. The Morgan fingerprint density at radius 2 is 1.93 bits per heavy atom. The Kier molecular flexibility index (Phi) is 7.91. The van der Waals surface area contributed by atoms with Crippen LogP contribution in [0, 0.1) is 5.92 Å². The van der Waals surface area contributed by atoms with Gasteiger partial charge in [-0.25, -0.2) is 4.79 Å². The number of thiophene rings is 1. The lowest BCUT2D eigenvalue weighted by Crippen LogP contribution is -2.17. The van der Waals surface area contributed by atoms with Gasteiger partial charge < -0.3 is 14.8 Å². The molecule has 0 saturated heterocycles. The number of nitrogens with one attached hydrogen (secondary N) is 1. The van der Waals surface area contributed by atoms with Crippen LogP contribution in [-0.4, -0.2) is 25.1 Å². The second-order valence-corrected chi connectivity index (χ2v) is 8.73. The fourth-order valence-corrected chi connectivity index (χ4v) is 5.07. The molecule has 5 nitrogen and oxygen atoms in total. The summed E-state index contributed by atoms with van der Waals surface area (Å²) in [6, 6.07) is 7.12. The number of amides is 1. The molecule has 1 aliphatic rings. The van der Waals surface area contributed by atoms with E-state index in [1.54, 1.807) is 19.1 Å².